The van der Waals surface area contributed by atoms with E-state index < -0.39 is 5.82 Å². The van der Waals surface area contributed by atoms with Crippen LogP contribution in [-0.4, -0.2) is 12.5 Å². The van der Waals surface area contributed by atoms with Crippen LogP contribution in [0, 0.1) is 5.82 Å². The number of carbonyl (C=O) groups is 1. The van der Waals surface area contributed by atoms with E-state index in [2.05, 4.69) is 11.9 Å². The Bertz CT molecular complexity index is 332. The average Bonchev–Trinajstić information content (AvgIpc) is 2.47. The molecular weight excluding hydrogens is 189 g/mol. The van der Waals surface area contributed by atoms with Gasteiger partial charge in [0.25, 0.3) is 5.91 Å². The highest BCUT2D eigenvalue weighted by Gasteiger charge is 2.11. The second kappa shape index (κ2) is 4.18. The topological polar surface area (TPSA) is 29.1 Å². The summed E-state index contributed by atoms with van der Waals surface area (Å²) in [5.74, 6) is -0.847. The lowest BCUT2D eigenvalue weighted by atomic mass is 10.3. The smallest absolute Gasteiger partial charge is 0.264 e. The lowest BCUT2D eigenvalue weighted by molar-refractivity contribution is 0.0957. The first-order chi connectivity index (χ1) is 6.11. The summed E-state index contributed by atoms with van der Waals surface area (Å²) in [6, 6.07) is 1.28. The normalized spacial score (nSPS) is 9.69. The molecule has 1 amide bonds. The number of hydrogen-bond donors (Lipinski definition) is 1. The van der Waals surface area contributed by atoms with E-state index in [1.807, 2.05) is 0 Å². The maximum atomic E-state index is 12.9. The SMILES string of the molecule is C=C(C)CNC(=O)c1sccc1F. The minimum Gasteiger partial charge on any atom is -0.348 e. The van der Waals surface area contributed by atoms with Crippen LogP contribution in [0.15, 0.2) is 23.6 Å². The number of halogens is 1. The molecule has 1 N–H and O–H groups in total. The lowest BCUT2D eigenvalue weighted by Crippen LogP contribution is -2.24. The third-order valence-corrected chi connectivity index (χ3v) is 2.26. The number of carbonyl (C=O) groups excluding carboxylic acids is 1. The molecule has 0 aliphatic rings. The van der Waals surface area contributed by atoms with Crippen LogP contribution in [0.3, 0.4) is 0 Å². The van der Waals surface area contributed by atoms with Gasteiger partial charge in [-0.25, -0.2) is 4.39 Å². The van der Waals surface area contributed by atoms with Crippen LogP contribution in [0.1, 0.15) is 16.6 Å². The Labute approximate surface area is 80.1 Å². The van der Waals surface area contributed by atoms with E-state index in [0.29, 0.717) is 6.54 Å². The molecule has 1 aromatic rings. The molecule has 2 nitrogen and oxygen atoms in total. The van der Waals surface area contributed by atoms with Gasteiger partial charge in [0.05, 0.1) is 0 Å². The van der Waals surface area contributed by atoms with Crippen molar-refractivity contribution in [2.75, 3.05) is 6.54 Å². The zero-order valence-electron chi connectivity index (χ0n) is 7.26. The summed E-state index contributed by atoms with van der Waals surface area (Å²) in [6.45, 7) is 5.81. The van der Waals surface area contributed by atoms with Crippen molar-refractivity contribution in [3.63, 3.8) is 0 Å². The zero-order valence-corrected chi connectivity index (χ0v) is 8.08. The lowest BCUT2D eigenvalue weighted by Gasteiger charge is -2.01. The largest absolute Gasteiger partial charge is 0.348 e. The van der Waals surface area contributed by atoms with Gasteiger partial charge >= 0.3 is 0 Å². The molecule has 4 heteroatoms. The highest BCUT2D eigenvalue weighted by molar-refractivity contribution is 7.12. The van der Waals surface area contributed by atoms with E-state index in [0.717, 1.165) is 16.9 Å². The summed E-state index contributed by atoms with van der Waals surface area (Å²) in [5.41, 5.74) is 0.838. The van der Waals surface area contributed by atoms with Gasteiger partial charge in [0.15, 0.2) is 0 Å². The number of thiophene rings is 1. The van der Waals surface area contributed by atoms with E-state index in [1.165, 1.54) is 6.07 Å². The molecule has 13 heavy (non-hydrogen) atoms. The van der Waals surface area contributed by atoms with Crippen molar-refractivity contribution >= 4 is 17.2 Å². The second-order valence-corrected chi connectivity index (χ2v) is 3.65. The molecule has 0 aliphatic heterocycles. The molecule has 0 saturated heterocycles. The Hall–Kier alpha value is -1.16. The number of nitrogens with one attached hydrogen (secondary N) is 1. The van der Waals surface area contributed by atoms with E-state index in [1.54, 1.807) is 12.3 Å². The first-order valence-corrected chi connectivity index (χ1v) is 4.65. The van der Waals surface area contributed by atoms with Crippen LogP contribution < -0.4 is 5.32 Å². The molecule has 0 spiro atoms. The van der Waals surface area contributed by atoms with Crippen molar-refractivity contribution < 1.29 is 9.18 Å². The van der Waals surface area contributed by atoms with Gasteiger partial charge in [-0.15, -0.1) is 11.3 Å². The van der Waals surface area contributed by atoms with Gasteiger partial charge in [-0.1, -0.05) is 12.2 Å². The van der Waals surface area contributed by atoms with E-state index in [9.17, 15) is 9.18 Å². The zero-order chi connectivity index (χ0) is 9.84. The molecule has 0 unspecified atom stereocenters. The summed E-state index contributed by atoms with van der Waals surface area (Å²) < 4.78 is 12.9. The summed E-state index contributed by atoms with van der Waals surface area (Å²) >= 11 is 1.09. The predicted octanol–water partition coefficient (Wildman–Crippen LogP) is 2.19. The van der Waals surface area contributed by atoms with E-state index in [4.69, 9.17) is 0 Å². The minimum absolute atomic E-state index is 0.126. The highest BCUT2D eigenvalue weighted by atomic mass is 32.1. The third-order valence-electron chi connectivity index (χ3n) is 1.37. The quantitative estimate of drug-likeness (QED) is 0.743. The van der Waals surface area contributed by atoms with E-state index in [-0.39, 0.29) is 10.8 Å². The van der Waals surface area contributed by atoms with Gasteiger partial charge in [-0.2, -0.15) is 0 Å². The van der Waals surface area contributed by atoms with Crippen LogP contribution in [0.2, 0.25) is 0 Å². The molecule has 0 atom stereocenters. The van der Waals surface area contributed by atoms with Crippen molar-refractivity contribution in [3.8, 4) is 0 Å². The third kappa shape index (κ3) is 2.66. The van der Waals surface area contributed by atoms with Crippen molar-refractivity contribution in [1.29, 1.82) is 0 Å². The molecule has 0 fully saturated rings. The molecule has 0 radical (unpaired) electrons. The fourth-order valence-corrected chi connectivity index (χ4v) is 1.45. The van der Waals surface area contributed by atoms with Gasteiger partial charge < -0.3 is 5.32 Å². The Kier molecular flexibility index (Phi) is 3.19. The second-order valence-electron chi connectivity index (χ2n) is 2.74. The Balaban J connectivity index is 2.59. The summed E-state index contributed by atoms with van der Waals surface area (Å²) in [5, 5.41) is 4.10. The monoisotopic (exact) mass is 199 g/mol. The molecule has 0 saturated carbocycles. The van der Waals surface area contributed by atoms with Crippen molar-refractivity contribution in [3.05, 3.63) is 34.3 Å². The van der Waals surface area contributed by atoms with Gasteiger partial charge in [0, 0.05) is 6.54 Å². The van der Waals surface area contributed by atoms with Gasteiger partial charge in [-0.05, 0) is 18.4 Å². The Morgan fingerprint density at radius 2 is 2.46 bits per heavy atom. The van der Waals surface area contributed by atoms with Gasteiger partial charge in [0.2, 0.25) is 0 Å². The fourth-order valence-electron chi connectivity index (χ4n) is 0.767. The maximum absolute atomic E-state index is 12.9. The van der Waals surface area contributed by atoms with Gasteiger partial charge in [-0.3, -0.25) is 4.79 Å². The van der Waals surface area contributed by atoms with Crippen LogP contribution in [0.4, 0.5) is 4.39 Å². The van der Waals surface area contributed by atoms with Crippen molar-refractivity contribution in [1.82, 2.24) is 5.32 Å². The van der Waals surface area contributed by atoms with Crippen LogP contribution in [0.25, 0.3) is 0 Å². The first kappa shape index (κ1) is 9.92. The van der Waals surface area contributed by atoms with Crippen LogP contribution in [0.5, 0.6) is 0 Å². The molecular formula is C9H10FNOS. The number of hydrogen-bond acceptors (Lipinski definition) is 2. The Morgan fingerprint density at radius 1 is 1.77 bits per heavy atom. The minimum atomic E-state index is -0.468. The maximum Gasteiger partial charge on any atom is 0.264 e. The predicted molar refractivity (Wildman–Crippen MR) is 51.4 cm³/mol. The van der Waals surface area contributed by atoms with Crippen LogP contribution in [-0.2, 0) is 0 Å². The molecule has 0 aliphatic carbocycles. The highest BCUT2D eigenvalue weighted by Crippen LogP contribution is 2.14. The summed E-state index contributed by atoms with van der Waals surface area (Å²) in [6.07, 6.45) is 0. The number of amides is 1. The van der Waals surface area contributed by atoms with Crippen LogP contribution >= 0.6 is 11.3 Å². The molecule has 0 aromatic carbocycles. The summed E-state index contributed by atoms with van der Waals surface area (Å²) in [7, 11) is 0. The van der Waals surface area contributed by atoms with E-state index >= 15 is 0 Å². The average molecular weight is 199 g/mol. The summed E-state index contributed by atoms with van der Waals surface area (Å²) in [4.78, 5) is 11.4. The fraction of sp³-hybridized carbons (Fsp3) is 0.222. The van der Waals surface area contributed by atoms with Gasteiger partial charge in [0.1, 0.15) is 10.7 Å². The van der Waals surface area contributed by atoms with Crippen molar-refractivity contribution in [2.24, 2.45) is 0 Å². The molecule has 70 valence electrons. The number of rotatable bonds is 3. The van der Waals surface area contributed by atoms with Crippen molar-refractivity contribution in [2.45, 2.75) is 6.92 Å². The first-order valence-electron chi connectivity index (χ1n) is 3.77. The Morgan fingerprint density at radius 3 is 2.92 bits per heavy atom. The molecule has 1 aromatic heterocycles. The molecule has 0 bridgehead atoms. The molecule has 1 rings (SSSR count). The standard InChI is InChI=1S/C9H10FNOS/c1-6(2)5-11-9(12)8-7(10)3-4-13-8/h3-4H,1,5H2,2H3,(H,11,12). The molecule has 1 heterocycles.